The van der Waals surface area contributed by atoms with Crippen LogP contribution in [-0.2, 0) is 6.61 Å². The van der Waals surface area contributed by atoms with Gasteiger partial charge in [-0.05, 0) is 36.6 Å². The first-order valence-electron chi connectivity index (χ1n) is 10.2. The average Bonchev–Trinajstić information content (AvgIpc) is 2.73. The molecule has 152 valence electrons. The van der Waals surface area contributed by atoms with Gasteiger partial charge in [0.2, 0.25) is 0 Å². The topological polar surface area (TPSA) is 56.6 Å². The van der Waals surface area contributed by atoms with Gasteiger partial charge in [0.25, 0.3) is 5.91 Å². The Labute approximate surface area is 173 Å². The number of carbonyl (C=O) groups excluding carboxylic acids is 1. The Kier molecular flexibility index (Phi) is 6.90. The number of amides is 1. The molecule has 0 spiro atoms. The minimum Gasteiger partial charge on any atom is -0.489 e. The summed E-state index contributed by atoms with van der Waals surface area (Å²) in [6.07, 6.45) is 0. The Balaban J connectivity index is 1.59. The Hall–Kier alpha value is -2.84. The van der Waals surface area contributed by atoms with E-state index in [9.17, 15) is 10.1 Å². The SMILES string of the molecule is Cc1cccc(COc2cccc(C(=O)N3CCN(C(C#N)C(C)C)CC3)c2)c1. The summed E-state index contributed by atoms with van der Waals surface area (Å²) in [5.41, 5.74) is 2.95. The van der Waals surface area contributed by atoms with Crippen molar-refractivity contribution in [1.29, 1.82) is 5.26 Å². The predicted molar refractivity (Wildman–Crippen MR) is 114 cm³/mol. The summed E-state index contributed by atoms with van der Waals surface area (Å²) >= 11 is 0. The number of nitriles is 1. The minimum atomic E-state index is -0.0920. The highest BCUT2D eigenvalue weighted by Gasteiger charge is 2.28. The second-order valence-electron chi connectivity index (χ2n) is 7.95. The van der Waals surface area contributed by atoms with E-state index in [1.165, 1.54) is 5.56 Å². The molecule has 0 aliphatic carbocycles. The molecule has 0 bridgehead atoms. The first kappa shape index (κ1) is 20.9. The summed E-state index contributed by atoms with van der Waals surface area (Å²) < 4.78 is 5.90. The van der Waals surface area contributed by atoms with E-state index in [2.05, 4.69) is 43.9 Å². The van der Waals surface area contributed by atoms with E-state index in [0.29, 0.717) is 31.0 Å². The largest absolute Gasteiger partial charge is 0.489 e. The van der Waals surface area contributed by atoms with Crippen molar-refractivity contribution >= 4 is 5.91 Å². The molecule has 29 heavy (non-hydrogen) atoms. The maximum atomic E-state index is 12.9. The van der Waals surface area contributed by atoms with Crippen molar-refractivity contribution < 1.29 is 9.53 Å². The number of piperazine rings is 1. The standard InChI is InChI=1S/C24H29N3O2/c1-18(2)23(16-25)26-10-12-27(13-11-26)24(28)21-8-5-9-22(15-21)29-17-20-7-4-6-19(3)14-20/h4-9,14-15,18,23H,10-13,17H2,1-3H3. The molecule has 1 amide bonds. The number of ether oxygens (including phenoxy) is 1. The van der Waals surface area contributed by atoms with Gasteiger partial charge in [0.1, 0.15) is 18.4 Å². The van der Waals surface area contributed by atoms with Crippen LogP contribution in [0.4, 0.5) is 0 Å². The van der Waals surface area contributed by atoms with E-state index >= 15 is 0 Å². The van der Waals surface area contributed by atoms with Crippen LogP contribution in [0.2, 0.25) is 0 Å². The molecular formula is C24H29N3O2. The van der Waals surface area contributed by atoms with Gasteiger partial charge in [-0.15, -0.1) is 0 Å². The van der Waals surface area contributed by atoms with E-state index in [-0.39, 0.29) is 17.9 Å². The highest BCUT2D eigenvalue weighted by Crippen LogP contribution is 2.19. The molecule has 0 aromatic heterocycles. The van der Waals surface area contributed by atoms with Crippen LogP contribution in [0.5, 0.6) is 5.75 Å². The van der Waals surface area contributed by atoms with E-state index in [0.717, 1.165) is 18.7 Å². The van der Waals surface area contributed by atoms with Gasteiger partial charge in [0, 0.05) is 31.7 Å². The smallest absolute Gasteiger partial charge is 0.254 e. The monoisotopic (exact) mass is 391 g/mol. The summed E-state index contributed by atoms with van der Waals surface area (Å²) in [6, 6.07) is 17.9. The maximum absolute atomic E-state index is 12.9. The van der Waals surface area contributed by atoms with Crippen molar-refractivity contribution in [3.8, 4) is 11.8 Å². The lowest BCUT2D eigenvalue weighted by Crippen LogP contribution is -2.52. The van der Waals surface area contributed by atoms with Crippen LogP contribution in [0.1, 0.15) is 35.3 Å². The third-order valence-corrected chi connectivity index (χ3v) is 5.33. The third kappa shape index (κ3) is 5.36. The van der Waals surface area contributed by atoms with E-state index in [4.69, 9.17) is 4.74 Å². The van der Waals surface area contributed by atoms with Gasteiger partial charge in [-0.3, -0.25) is 9.69 Å². The Morgan fingerprint density at radius 3 is 2.48 bits per heavy atom. The highest BCUT2D eigenvalue weighted by atomic mass is 16.5. The van der Waals surface area contributed by atoms with Crippen molar-refractivity contribution in [2.45, 2.75) is 33.4 Å². The molecule has 1 fully saturated rings. The second-order valence-corrected chi connectivity index (χ2v) is 7.95. The van der Waals surface area contributed by atoms with Crippen LogP contribution in [0.3, 0.4) is 0 Å². The molecule has 0 radical (unpaired) electrons. The van der Waals surface area contributed by atoms with E-state index < -0.39 is 0 Å². The molecule has 1 saturated heterocycles. The molecular weight excluding hydrogens is 362 g/mol. The number of benzene rings is 2. The molecule has 0 N–H and O–H groups in total. The summed E-state index contributed by atoms with van der Waals surface area (Å²) in [6.45, 7) is 9.39. The second kappa shape index (κ2) is 9.58. The normalized spacial score (nSPS) is 15.8. The lowest BCUT2D eigenvalue weighted by atomic mass is 10.0. The fourth-order valence-corrected chi connectivity index (χ4v) is 3.73. The van der Waals surface area contributed by atoms with E-state index in [1.54, 1.807) is 0 Å². The first-order valence-corrected chi connectivity index (χ1v) is 10.2. The zero-order valence-corrected chi connectivity index (χ0v) is 17.5. The van der Waals surface area contributed by atoms with Crippen LogP contribution in [0.25, 0.3) is 0 Å². The fourth-order valence-electron chi connectivity index (χ4n) is 3.73. The van der Waals surface area contributed by atoms with Crippen molar-refractivity contribution in [2.75, 3.05) is 26.2 Å². The van der Waals surface area contributed by atoms with Crippen LogP contribution in [-0.4, -0.2) is 47.9 Å². The molecule has 1 aliphatic rings. The number of hydrogen-bond acceptors (Lipinski definition) is 4. The van der Waals surface area contributed by atoms with Crippen LogP contribution in [0, 0.1) is 24.2 Å². The third-order valence-electron chi connectivity index (χ3n) is 5.33. The van der Waals surface area contributed by atoms with Gasteiger partial charge >= 0.3 is 0 Å². The molecule has 1 atom stereocenters. The summed E-state index contributed by atoms with van der Waals surface area (Å²) in [5, 5.41) is 9.39. The van der Waals surface area contributed by atoms with E-state index in [1.807, 2.05) is 41.3 Å². The number of nitrogens with zero attached hydrogens (tertiary/aromatic N) is 3. The van der Waals surface area contributed by atoms with Gasteiger partial charge in [-0.25, -0.2) is 0 Å². The molecule has 2 aromatic carbocycles. The van der Waals surface area contributed by atoms with Crippen LogP contribution < -0.4 is 4.74 Å². The van der Waals surface area contributed by atoms with Crippen molar-refractivity contribution in [2.24, 2.45) is 5.92 Å². The van der Waals surface area contributed by atoms with Crippen molar-refractivity contribution in [3.05, 3.63) is 65.2 Å². The molecule has 1 aliphatic heterocycles. The van der Waals surface area contributed by atoms with Gasteiger partial charge < -0.3 is 9.64 Å². The van der Waals surface area contributed by atoms with Crippen molar-refractivity contribution in [3.63, 3.8) is 0 Å². The van der Waals surface area contributed by atoms with Gasteiger partial charge in [-0.1, -0.05) is 49.7 Å². The number of rotatable bonds is 6. The van der Waals surface area contributed by atoms with Crippen molar-refractivity contribution in [1.82, 2.24) is 9.80 Å². The van der Waals surface area contributed by atoms with Crippen LogP contribution in [0.15, 0.2) is 48.5 Å². The molecule has 1 unspecified atom stereocenters. The summed E-state index contributed by atoms with van der Waals surface area (Å²) in [4.78, 5) is 17.0. The molecule has 3 rings (SSSR count). The zero-order chi connectivity index (χ0) is 20.8. The lowest BCUT2D eigenvalue weighted by Gasteiger charge is -2.38. The molecule has 0 saturated carbocycles. The Morgan fingerprint density at radius 1 is 1.10 bits per heavy atom. The van der Waals surface area contributed by atoms with Gasteiger partial charge in [-0.2, -0.15) is 5.26 Å². The van der Waals surface area contributed by atoms with Gasteiger partial charge in [0.05, 0.1) is 6.07 Å². The number of carbonyl (C=O) groups is 1. The molecule has 2 aromatic rings. The molecule has 5 heteroatoms. The minimum absolute atomic E-state index is 0.0173. The number of hydrogen-bond donors (Lipinski definition) is 0. The zero-order valence-electron chi connectivity index (χ0n) is 17.5. The average molecular weight is 392 g/mol. The Morgan fingerprint density at radius 2 is 1.83 bits per heavy atom. The maximum Gasteiger partial charge on any atom is 0.254 e. The molecule has 5 nitrogen and oxygen atoms in total. The summed E-state index contributed by atoms with van der Waals surface area (Å²) in [5.74, 6) is 0.994. The highest BCUT2D eigenvalue weighted by molar-refractivity contribution is 5.94. The molecule has 1 heterocycles. The Bertz CT molecular complexity index is 880. The van der Waals surface area contributed by atoms with Gasteiger partial charge in [0.15, 0.2) is 0 Å². The van der Waals surface area contributed by atoms with Crippen LogP contribution >= 0.6 is 0 Å². The first-order chi connectivity index (χ1) is 14.0. The quantitative estimate of drug-likeness (QED) is 0.750. The number of aryl methyl sites for hydroxylation is 1. The summed E-state index contributed by atoms with van der Waals surface area (Å²) in [7, 11) is 0. The lowest BCUT2D eigenvalue weighted by molar-refractivity contribution is 0.0576. The predicted octanol–water partition coefficient (Wildman–Crippen LogP) is 3.88. The fraction of sp³-hybridized carbons (Fsp3) is 0.417.